The van der Waals surface area contributed by atoms with Crippen molar-refractivity contribution in [1.29, 1.82) is 0 Å². The third kappa shape index (κ3) is 2.82. The van der Waals surface area contributed by atoms with Gasteiger partial charge in [-0.15, -0.1) is 0 Å². The van der Waals surface area contributed by atoms with Crippen molar-refractivity contribution in [2.75, 3.05) is 19.6 Å². The first-order valence-electron chi connectivity index (χ1n) is 8.68. The highest BCUT2D eigenvalue weighted by Crippen LogP contribution is 2.45. The molecule has 0 aromatic heterocycles. The van der Waals surface area contributed by atoms with E-state index >= 15 is 0 Å². The molecule has 1 atom stereocenters. The Morgan fingerprint density at radius 1 is 1.20 bits per heavy atom. The minimum Gasteiger partial charge on any atom is -0.308 e. The van der Waals surface area contributed by atoms with Gasteiger partial charge in [0.1, 0.15) is 0 Å². The van der Waals surface area contributed by atoms with Crippen molar-refractivity contribution in [3.05, 3.63) is 11.6 Å². The molecular formula is C18H32N2. The molecule has 1 N–H and O–H groups in total. The van der Waals surface area contributed by atoms with Crippen LogP contribution in [0, 0.1) is 5.92 Å². The Morgan fingerprint density at radius 2 is 1.90 bits per heavy atom. The number of hydrogen-bond donors (Lipinski definition) is 1. The summed E-state index contributed by atoms with van der Waals surface area (Å²) in [6, 6.07) is 0. The van der Waals surface area contributed by atoms with Gasteiger partial charge in [-0.3, -0.25) is 4.90 Å². The van der Waals surface area contributed by atoms with E-state index in [2.05, 4.69) is 37.1 Å². The van der Waals surface area contributed by atoms with Gasteiger partial charge in [-0.1, -0.05) is 30.9 Å². The van der Waals surface area contributed by atoms with E-state index < -0.39 is 0 Å². The van der Waals surface area contributed by atoms with Gasteiger partial charge in [0.15, 0.2) is 0 Å². The van der Waals surface area contributed by atoms with Crippen molar-refractivity contribution in [2.24, 2.45) is 5.92 Å². The molecule has 2 nitrogen and oxygen atoms in total. The van der Waals surface area contributed by atoms with E-state index in [0.29, 0.717) is 11.1 Å². The van der Waals surface area contributed by atoms with Gasteiger partial charge in [-0.2, -0.15) is 0 Å². The summed E-state index contributed by atoms with van der Waals surface area (Å²) >= 11 is 0. The van der Waals surface area contributed by atoms with Gasteiger partial charge in [0.25, 0.3) is 0 Å². The van der Waals surface area contributed by atoms with E-state index in [-0.39, 0.29) is 0 Å². The molecule has 0 bridgehead atoms. The third-order valence-electron chi connectivity index (χ3n) is 5.99. The first kappa shape index (κ1) is 14.6. The number of hydrogen-bond acceptors (Lipinski definition) is 2. The van der Waals surface area contributed by atoms with Crippen LogP contribution in [0.25, 0.3) is 0 Å². The minimum absolute atomic E-state index is 0.373. The molecule has 1 heterocycles. The van der Waals surface area contributed by atoms with Crippen LogP contribution in [0.5, 0.6) is 0 Å². The molecule has 3 rings (SSSR count). The van der Waals surface area contributed by atoms with E-state index in [0.717, 1.165) is 12.5 Å². The summed E-state index contributed by atoms with van der Waals surface area (Å²) in [4.78, 5) is 2.84. The number of nitrogens with one attached hydrogen (secondary N) is 1. The van der Waals surface area contributed by atoms with E-state index in [9.17, 15) is 0 Å². The summed E-state index contributed by atoms with van der Waals surface area (Å²) in [5.41, 5.74) is 2.29. The zero-order valence-electron chi connectivity index (χ0n) is 13.7. The molecule has 2 saturated carbocycles. The summed E-state index contributed by atoms with van der Waals surface area (Å²) in [5.74, 6) is 0.928. The Hall–Kier alpha value is -0.340. The molecule has 0 radical (unpaired) electrons. The second kappa shape index (κ2) is 5.46. The second-order valence-corrected chi connectivity index (χ2v) is 7.99. The molecule has 2 aliphatic carbocycles. The van der Waals surface area contributed by atoms with Crippen molar-refractivity contribution in [1.82, 2.24) is 10.2 Å². The normalized spacial score (nSPS) is 34.1. The molecule has 0 aromatic carbocycles. The standard InChI is InChI=1S/C18H32N2/c1-15(2)9-12-20-14-17(3,16-7-8-16)19-13-18(20)10-5-4-6-11-18/h9,16,19H,4-8,10-14H2,1-3H3. The number of piperazine rings is 1. The quantitative estimate of drug-likeness (QED) is 0.790. The van der Waals surface area contributed by atoms with Gasteiger partial charge in [-0.05, 0) is 52.4 Å². The van der Waals surface area contributed by atoms with Crippen molar-refractivity contribution in [3.8, 4) is 0 Å². The predicted molar refractivity (Wildman–Crippen MR) is 86.0 cm³/mol. The number of rotatable bonds is 3. The largest absolute Gasteiger partial charge is 0.308 e. The van der Waals surface area contributed by atoms with E-state index in [4.69, 9.17) is 0 Å². The van der Waals surface area contributed by atoms with Gasteiger partial charge < -0.3 is 5.32 Å². The van der Waals surface area contributed by atoms with Crippen LogP contribution in [0.3, 0.4) is 0 Å². The average Bonchev–Trinajstić information content (AvgIpc) is 3.26. The lowest BCUT2D eigenvalue weighted by Crippen LogP contribution is -2.70. The molecular weight excluding hydrogens is 244 g/mol. The van der Waals surface area contributed by atoms with E-state index in [1.54, 1.807) is 0 Å². The monoisotopic (exact) mass is 276 g/mol. The molecule has 1 unspecified atom stereocenters. The molecule has 1 aliphatic heterocycles. The summed E-state index contributed by atoms with van der Waals surface area (Å²) in [6.45, 7) is 10.6. The fourth-order valence-electron chi connectivity index (χ4n) is 4.35. The molecule has 2 heteroatoms. The molecule has 3 aliphatic rings. The van der Waals surface area contributed by atoms with Crippen molar-refractivity contribution in [2.45, 2.75) is 76.8 Å². The molecule has 20 heavy (non-hydrogen) atoms. The van der Waals surface area contributed by atoms with Crippen molar-refractivity contribution >= 4 is 0 Å². The topological polar surface area (TPSA) is 15.3 Å². The maximum atomic E-state index is 3.97. The SMILES string of the molecule is CC(C)=CCN1CC(C)(C2CC2)NCC12CCCCC2. The lowest BCUT2D eigenvalue weighted by molar-refractivity contribution is -0.0125. The van der Waals surface area contributed by atoms with Crippen LogP contribution in [0.4, 0.5) is 0 Å². The van der Waals surface area contributed by atoms with Crippen LogP contribution in [0.1, 0.15) is 65.7 Å². The van der Waals surface area contributed by atoms with Crippen LogP contribution in [0.2, 0.25) is 0 Å². The fourth-order valence-corrected chi connectivity index (χ4v) is 4.35. The summed E-state index contributed by atoms with van der Waals surface area (Å²) < 4.78 is 0. The zero-order chi connectivity index (χ0) is 14.2. The molecule has 1 spiro atoms. The Bertz CT molecular complexity index is 373. The molecule has 0 amide bonds. The fraction of sp³-hybridized carbons (Fsp3) is 0.889. The molecule has 114 valence electrons. The van der Waals surface area contributed by atoms with Gasteiger partial charge in [0, 0.05) is 30.7 Å². The lowest BCUT2D eigenvalue weighted by Gasteiger charge is -2.55. The van der Waals surface area contributed by atoms with E-state index in [1.165, 1.54) is 63.6 Å². The van der Waals surface area contributed by atoms with Crippen LogP contribution in [0.15, 0.2) is 11.6 Å². The maximum Gasteiger partial charge on any atom is 0.0338 e. The molecule has 1 saturated heterocycles. The number of allylic oxidation sites excluding steroid dienone is 1. The third-order valence-corrected chi connectivity index (χ3v) is 5.99. The Morgan fingerprint density at radius 3 is 2.50 bits per heavy atom. The Labute approximate surface area is 125 Å². The van der Waals surface area contributed by atoms with Gasteiger partial charge in [0.2, 0.25) is 0 Å². The second-order valence-electron chi connectivity index (χ2n) is 7.99. The Kier molecular flexibility index (Phi) is 3.98. The minimum atomic E-state index is 0.373. The highest BCUT2D eigenvalue weighted by molar-refractivity contribution is 5.11. The van der Waals surface area contributed by atoms with E-state index in [1.807, 2.05) is 0 Å². The summed E-state index contributed by atoms with van der Waals surface area (Å²) in [5, 5.41) is 3.97. The highest BCUT2D eigenvalue weighted by Gasteiger charge is 2.50. The highest BCUT2D eigenvalue weighted by atomic mass is 15.3. The Balaban J connectivity index is 1.77. The molecule has 0 aromatic rings. The summed E-state index contributed by atoms with van der Waals surface area (Å²) in [6.07, 6.45) is 12.4. The lowest BCUT2D eigenvalue weighted by atomic mass is 9.75. The van der Waals surface area contributed by atoms with Crippen LogP contribution >= 0.6 is 0 Å². The zero-order valence-corrected chi connectivity index (χ0v) is 13.7. The smallest absolute Gasteiger partial charge is 0.0338 e. The van der Waals surface area contributed by atoms with Crippen LogP contribution < -0.4 is 5.32 Å². The van der Waals surface area contributed by atoms with Gasteiger partial charge in [-0.25, -0.2) is 0 Å². The maximum absolute atomic E-state index is 3.97. The first-order chi connectivity index (χ1) is 9.54. The van der Waals surface area contributed by atoms with Crippen molar-refractivity contribution < 1.29 is 0 Å². The van der Waals surface area contributed by atoms with Crippen LogP contribution in [-0.2, 0) is 0 Å². The first-order valence-corrected chi connectivity index (χ1v) is 8.68. The molecule has 3 fully saturated rings. The van der Waals surface area contributed by atoms with Crippen LogP contribution in [-0.4, -0.2) is 35.6 Å². The van der Waals surface area contributed by atoms with Gasteiger partial charge in [0.05, 0.1) is 0 Å². The summed E-state index contributed by atoms with van der Waals surface area (Å²) in [7, 11) is 0. The predicted octanol–water partition coefficient (Wildman–Crippen LogP) is 3.73. The van der Waals surface area contributed by atoms with Gasteiger partial charge >= 0.3 is 0 Å². The van der Waals surface area contributed by atoms with Crippen molar-refractivity contribution in [3.63, 3.8) is 0 Å². The number of nitrogens with zero attached hydrogens (tertiary/aromatic N) is 1. The average molecular weight is 276 g/mol.